The lowest BCUT2D eigenvalue weighted by molar-refractivity contribution is -0.136. The van der Waals surface area contributed by atoms with Crippen LogP contribution in [0.3, 0.4) is 0 Å². The highest BCUT2D eigenvalue weighted by Gasteiger charge is 2.48. The normalized spacial score (nSPS) is 31.1. The van der Waals surface area contributed by atoms with E-state index in [1.807, 2.05) is 60.7 Å². The average molecular weight is 370 g/mol. The van der Waals surface area contributed by atoms with E-state index in [0.717, 1.165) is 0 Å². The van der Waals surface area contributed by atoms with Crippen LogP contribution in [0.2, 0.25) is 0 Å². The van der Waals surface area contributed by atoms with Crippen molar-refractivity contribution < 1.29 is 15.0 Å². The molecule has 2 aliphatic rings. The second-order valence-corrected chi connectivity index (χ2v) is 7.23. The van der Waals surface area contributed by atoms with Crippen LogP contribution in [0.15, 0.2) is 109 Å². The molecule has 28 heavy (non-hydrogen) atoms. The molecule has 2 aromatic carbocycles. The zero-order valence-electron chi connectivity index (χ0n) is 15.3. The Balaban J connectivity index is 1.75. The zero-order valence-corrected chi connectivity index (χ0v) is 15.3. The van der Waals surface area contributed by atoms with Gasteiger partial charge in [0.2, 0.25) is 0 Å². The van der Waals surface area contributed by atoms with Gasteiger partial charge in [0.15, 0.2) is 5.78 Å². The van der Waals surface area contributed by atoms with Gasteiger partial charge in [-0.2, -0.15) is 0 Å². The van der Waals surface area contributed by atoms with Crippen LogP contribution in [0.5, 0.6) is 0 Å². The van der Waals surface area contributed by atoms with Crippen molar-refractivity contribution in [2.75, 3.05) is 0 Å². The van der Waals surface area contributed by atoms with Crippen LogP contribution >= 0.6 is 0 Å². The molecule has 140 valence electrons. The van der Waals surface area contributed by atoms with Gasteiger partial charge in [-0.15, -0.1) is 0 Å². The van der Waals surface area contributed by atoms with Crippen LogP contribution < -0.4 is 0 Å². The summed E-state index contributed by atoms with van der Waals surface area (Å²) < 4.78 is 0. The maximum absolute atomic E-state index is 13.6. The summed E-state index contributed by atoms with van der Waals surface area (Å²) in [5, 5.41) is 22.9. The molecule has 0 saturated heterocycles. The summed E-state index contributed by atoms with van der Waals surface area (Å²) in [6.07, 6.45) is 13.8. The van der Waals surface area contributed by atoms with Crippen molar-refractivity contribution in [1.29, 1.82) is 0 Å². The van der Waals surface area contributed by atoms with E-state index in [4.69, 9.17) is 0 Å². The minimum Gasteiger partial charge on any atom is -0.380 e. The Kier molecular flexibility index (Phi) is 4.71. The van der Waals surface area contributed by atoms with Crippen LogP contribution in [0.25, 0.3) is 0 Å². The third-order valence-corrected chi connectivity index (χ3v) is 5.56. The van der Waals surface area contributed by atoms with Crippen molar-refractivity contribution in [3.05, 3.63) is 120 Å². The van der Waals surface area contributed by atoms with Gasteiger partial charge < -0.3 is 10.2 Å². The first-order chi connectivity index (χ1) is 13.6. The van der Waals surface area contributed by atoms with Gasteiger partial charge in [0, 0.05) is 0 Å². The van der Waals surface area contributed by atoms with Gasteiger partial charge in [0.25, 0.3) is 0 Å². The van der Waals surface area contributed by atoms with Gasteiger partial charge in [-0.05, 0) is 23.3 Å². The number of allylic oxidation sites excluding steroid dienone is 4. The van der Waals surface area contributed by atoms with E-state index in [0.29, 0.717) is 11.1 Å². The first-order valence-electron chi connectivity index (χ1n) is 9.37. The number of carbonyl (C=O) groups is 1. The molecule has 4 rings (SSSR count). The monoisotopic (exact) mass is 370 g/mol. The highest BCUT2D eigenvalue weighted by molar-refractivity contribution is 5.90. The van der Waals surface area contributed by atoms with Crippen molar-refractivity contribution in [2.24, 2.45) is 11.8 Å². The molecule has 4 unspecified atom stereocenters. The van der Waals surface area contributed by atoms with Gasteiger partial charge in [0.05, 0.1) is 11.8 Å². The summed E-state index contributed by atoms with van der Waals surface area (Å²) in [6, 6.07) is 18.3. The van der Waals surface area contributed by atoms with Crippen molar-refractivity contribution in [3.8, 4) is 0 Å². The summed E-state index contributed by atoms with van der Waals surface area (Å²) >= 11 is 0. The average Bonchev–Trinajstić information content (AvgIpc) is 2.75. The summed E-state index contributed by atoms with van der Waals surface area (Å²) in [6.45, 7) is 0. The van der Waals surface area contributed by atoms with E-state index >= 15 is 0 Å². The molecule has 0 bridgehead atoms. The van der Waals surface area contributed by atoms with Gasteiger partial charge in [-0.1, -0.05) is 97.1 Å². The fourth-order valence-corrected chi connectivity index (χ4v) is 4.03. The third-order valence-electron chi connectivity index (χ3n) is 5.56. The number of hydrogen-bond acceptors (Lipinski definition) is 3. The molecule has 0 spiro atoms. The molecule has 2 aromatic rings. The minimum absolute atomic E-state index is 0.237. The largest absolute Gasteiger partial charge is 0.380 e. The summed E-state index contributed by atoms with van der Waals surface area (Å²) in [7, 11) is 0. The second kappa shape index (κ2) is 7.19. The van der Waals surface area contributed by atoms with Crippen molar-refractivity contribution in [3.63, 3.8) is 0 Å². The van der Waals surface area contributed by atoms with Gasteiger partial charge in [-0.3, -0.25) is 4.79 Å². The Bertz CT molecular complexity index is 892. The lowest BCUT2D eigenvalue weighted by Crippen LogP contribution is -2.46. The van der Waals surface area contributed by atoms with Gasteiger partial charge in [-0.25, -0.2) is 0 Å². The lowest BCUT2D eigenvalue weighted by atomic mass is 9.68. The summed E-state index contributed by atoms with van der Waals surface area (Å²) in [5.74, 6) is -1.86. The molecule has 0 amide bonds. The Hall–Kier alpha value is -3.01. The number of carbonyl (C=O) groups excluding carboxylic acids is 1. The minimum atomic E-state index is -1.46. The molecule has 2 N–H and O–H groups in total. The zero-order chi connectivity index (χ0) is 19.6. The van der Waals surface area contributed by atoms with Crippen LogP contribution in [0.1, 0.15) is 11.1 Å². The molecule has 0 radical (unpaired) electrons. The maximum Gasteiger partial charge on any atom is 0.153 e. The third kappa shape index (κ3) is 2.99. The molecule has 3 heteroatoms. The number of aliphatic hydroxyl groups is 2. The Labute approximate surface area is 164 Å². The van der Waals surface area contributed by atoms with Crippen LogP contribution in [-0.4, -0.2) is 16.0 Å². The number of benzene rings is 2. The van der Waals surface area contributed by atoms with E-state index < -0.39 is 23.0 Å². The quantitative estimate of drug-likeness (QED) is 0.860. The number of Topliss-reactive ketones (excluding diaryl/α,β-unsaturated/α-hetero) is 1. The van der Waals surface area contributed by atoms with E-state index in [9.17, 15) is 15.0 Å². The van der Waals surface area contributed by atoms with E-state index in [-0.39, 0.29) is 5.78 Å². The van der Waals surface area contributed by atoms with Crippen LogP contribution in [-0.2, 0) is 16.0 Å². The SMILES string of the molecule is O=C(C1C=CC=CC1(O)c1ccccc1)C1C=CC=CC1(O)c1ccccc1. The van der Waals surface area contributed by atoms with E-state index in [1.54, 1.807) is 48.6 Å². The summed E-state index contributed by atoms with van der Waals surface area (Å²) in [4.78, 5) is 13.6. The topological polar surface area (TPSA) is 57.5 Å². The second-order valence-electron chi connectivity index (χ2n) is 7.23. The van der Waals surface area contributed by atoms with Gasteiger partial charge >= 0.3 is 0 Å². The first-order valence-corrected chi connectivity index (χ1v) is 9.37. The molecule has 0 heterocycles. The molecule has 3 nitrogen and oxygen atoms in total. The van der Waals surface area contributed by atoms with Crippen LogP contribution in [0, 0.1) is 11.8 Å². The van der Waals surface area contributed by atoms with E-state index in [2.05, 4.69) is 0 Å². The Morgan fingerprint density at radius 2 is 1.04 bits per heavy atom. The number of rotatable bonds is 4. The fraction of sp³-hybridized carbons (Fsp3) is 0.160. The number of hydrogen-bond donors (Lipinski definition) is 2. The Morgan fingerprint density at radius 1 is 0.643 bits per heavy atom. The molecule has 2 aliphatic carbocycles. The highest BCUT2D eigenvalue weighted by Crippen LogP contribution is 2.42. The molecular weight excluding hydrogens is 348 g/mol. The molecular formula is C25H22O3. The molecule has 0 fully saturated rings. The number of ketones is 1. The maximum atomic E-state index is 13.6. The molecule has 0 aliphatic heterocycles. The predicted molar refractivity (Wildman–Crippen MR) is 109 cm³/mol. The lowest BCUT2D eigenvalue weighted by Gasteiger charge is -2.39. The molecule has 4 atom stereocenters. The molecule has 0 saturated carbocycles. The Morgan fingerprint density at radius 3 is 1.43 bits per heavy atom. The standard InChI is InChI=1S/C25H22O3/c26-23(21-15-7-9-17-24(21,27)19-11-3-1-4-12-19)22-16-8-10-18-25(22,28)20-13-5-2-6-14-20/h1-18,21-22,27-28H. The first kappa shape index (κ1) is 18.4. The fourth-order valence-electron chi connectivity index (χ4n) is 4.03. The van der Waals surface area contributed by atoms with Crippen molar-refractivity contribution >= 4 is 5.78 Å². The van der Waals surface area contributed by atoms with Crippen molar-refractivity contribution in [1.82, 2.24) is 0 Å². The van der Waals surface area contributed by atoms with Gasteiger partial charge in [0.1, 0.15) is 11.2 Å². The van der Waals surface area contributed by atoms with Crippen molar-refractivity contribution in [2.45, 2.75) is 11.2 Å². The molecule has 0 aromatic heterocycles. The highest BCUT2D eigenvalue weighted by atomic mass is 16.3. The smallest absolute Gasteiger partial charge is 0.153 e. The summed E-state index contributed by atoms with van der Waals surface area (Å²) in [5.41, 5.74) is -1.63. The predicted octanol–water partition coefficient (Wildman–Crippen LogP) is 3.82. The van der Waals surface area contributed by atoms with E-state index in [1.165, 1.54) is 0 Å². The van der Waals surface area contributed by atoms with Crippen LogP contribution in [0.4, 0.5) is 0 Å².